The quantitative estimate of drug-likeness (QED) is 0.859. The highest BCUT2D eigenvalue weighted by molar-refractivity contribution is 9.10. The Kier molecular flexibility index (Phi) is 4.80. The number of hydrogen-bond donors (Lipinski definition) is 1. The Balaban J connectivity index is 2.30. The molecule has 0 aliphatic carbocycles. The van der Waals surface area contributed by atoms with Gasteiger partial charge in [0.1, 0.15) is 0 Å². The maximum Gasteiger partial charge on any atom is 0.340 e. The van der Waals surface area contributed by atoms with Gasteiger partial charge < -0.3 is 15.4 Å². The van der Waals surface area contributed by atoms with Gasteiger partial charge in [0.2, 0.25) is 0 Å². The topological polar surface area (TPSA) is 68.5 Å². The number of pyridine rings is 1. The van der Waals surface area contributed by atoms with Gasteiger partial charge in [-0.05, 0) is 17.7 Å². The lowest BCUT2D eigenvalue weighted by molar-refractivity contribution is 0.0602. The molecule has 0 saturated heterocycles. The van der Waals surface area contributed by atoms with Gasteiger partial charge >= 0.3 is 5.97 Å². The largest absolute Gasteiger partial charge is 0.465 e. The summed E-state index contributed by atoms with van der Waals surface area (Å²) in [6.45, 7) is 0.614. The van der Waals surface area contributed by atoms with Crippen LogP contribution in [0.15, 0.2) is 41.0 Å². The normalized spacial score (nSPS) is 10.2. The minimum Gasteiger partial charge on any atom is -0.465 e. The van der Waals surface area contributed by atoms with Gasteiger partial charge in [0.25, 0.3) is 0 Å². The van der Waals surface area contributed by atoms with E-state index in [1.807, 2.05) is 36.2 Å². The summed E-state index contributed by atoms with van der Waals surface area (Å²) in [6, 6.07) is 9.47. The van der Waals surface area contributed by atoms with Crippen LogP contribution in [-0.2, 0) is 11.3 Å². The maximum atomic E-state index is 11.7. The van der Waals surface area contributed by atoms with Crippen LogP contribution in [0.5, 0.6) is 0 Å². The summed E-state index contributed by atoms with van der Waals surface area (Å²) in [5.74, 6) is 0.0825. The zero-order chi connectivity index (χ0) is 15.4. The summed E-state index contributed by atoms with van der Waals surface area (Å²) in [6.07, 6.45) is 1.55. The fraction of sp³-hybridized carbons (Fsp3) is 0.200. The highest BCUT2D eigenvalue weighted by Gasteiger charge is 2.16. The van der Waals surface area contributed by atoms with Crippen LogP contribution in [0.25, 0.3) is 0 Å². The van der Waals surface area contributed by atoms with Crippen LogP contribution in [0.4, 0.5) is 11.5 Å². The second kappa shape index (κ2) is 6.58. The number of nitrogens with two attached hydrogens (primary N) is 1. The molecule has 1 heterocycles. The van der Waals surface area contributed by atoms with Crippen LogP contribution in [0.3, 0.4) is 0 Å². The average molecular weight is 350 g/mol. The number of halogens is 1. The molecule has 21 heavy (non-hydrogen) atoms. The third-order valence-corrected chi connectivity index (χ3v) is 3.87. The van der Waals surface area contributed by atoms with E-state index in [1.54, 1.807) is 12.3 Å². The number of aromatic nitrogens is 1. The van der Waals surface area contributed by atoms with Crippen LogP contribution in [0.1, 0.15) is 15.9 Å². The van der Waals surface area contributed by atoms with E-state index in [9.17, 15) is 4.79 Å². The van der Waals surface area contributed by atoms with Crippen molar-refractivity contribution >= 4 is 33.4 Å². The molecular formula is C15H16BrN3O2. The van der Waals surface area contributed by atoms with Crippen molar-refractivity contribution < 1.29 is 9.53 Å². The number of methoxy groups -OCH3 is 1. The zero-order valence-corrected chi connectivity index (χ0v) is 13.4. The van der Waals surface area contributed by atoms with E-state index in [1.165, 1.54) is 7.11 Å². The van der Waals surface area contributed by atoms with Crippen LogP contribution in [0.2, 0.25) is 0 Å². The summed E-state index contributed by atoms with van der Waals surface area (Å²) in [5, 5.41) is 0. The second-order valence-corrected chi connectivity index (χ2v) is 5.39. The maximum absolute atomic E-state index is 11.7. The van der Waals surface area contributed by atoms with Crippen molar-refractivity contribution in [3.05, 3.63) is 52.1 Å². The molecule has 2 rings (SSSR count). The number of hydrogen-bond acceptors (Lipinski definition) is 5. The monoisotopic (exact) mass is 349 g/mol. The number of nitrogen functional groups attached to an aromatic ring is 1. The molecule has 0 spiro atoms. The van der Waals surface area contributed by atoms with Crippen LogP contribution >= 0.6 is 15.9 Å². The number of carbonyl (C=O) groups is 1. The summed E-state index contributed by atoms with van der Waals surface area (Å²) < 4.78 is 5.73. The van der Waals surface area contributed by atoms with Gasteiger partial charge in [0, 0.05) is 24.3 Å². The van der Waals surface area contributed by atoms with E-state index in [0.29, 0.717) is 23.6 Å². The Hall–Kier alpha value is -2.08. The Labute approximate surface area is 131 Å². The molecule has 0 unspecified atom stereocenters. The third kappa shape index (κ3) is 3.33. The number of ether oxygens (including phenoxy) is 1. The predicted molar refractivity (Wildman–Crippen MR) is 86.2 cm³/mol. The lowest BCUT2D eigenvalue weighted by Gasteiger charge is -2.21. The van der Waals surface area contributed by atoms with Gasteiger partial charge in [-0.2, -0.15) is 0 Å². The molecule has 0 fully saturated rings. The first-order valence-corrected chi connectivity index (χ1v) is 7.11. The number of esters is 1. The van der Waals surface area contributed by atoms with Gasteiger partial charge in [0.15, 0.2) is 5.82 Å². The average Bonchev–Trinajstić information content (AvgIpc) is 2.49. The lowest BCUT2D eigenvalue weighted by atomic mass is 10.2. The van der Waals surface area contributed by atoms with Gasteiger partial charge in [-0.25, -0.2) is 9.78 Å². The summed E-state index contributed by atoms with van der Waals surface area (Å²) >= 11 is 3.51. The summed E-state index contributed by atoms with van der Waals surface area (Å²) in [5.41, 5.74) is 7.78. The Bertz CT molecular complexity index is 661. The number of rotatable bonds is 4. The van der Waals surface area contributed by atoms with Crippen molar-refractivity contribution in [2.75, 3.05) is 24.8 Å². The van der Waals surface area contributed by atoms with Crippen molar-refractivity contribution in [2.24, 2.45) is 0 Å². The summed E-state index contributed by atoms with van der Waals surface area (Å²) in [4.78, 5) is 17.8. The molecule has 1 aromatic heterocycles. The number of benzene rings is 1. The van der Waals surface area contributed by atoms with E-state index in [2.05, 4.69) is 20.9 Å². The number of nitrogens with zero attached hydrogens (tertiary/aromatic N) is 2. The SMILES string of the molecule is COC(=O)c1ccnc(N(C)Cc2ccccc2Br)c1N. The molecule has 0 atom stereocenters. The molecule has 0 bridgehead atoms. The van der Waals surface area contributed by atoms with E-state index >= 15 is 0 Å². The highest BCUT2D eigenvalue weighted by Crippen LogP contribution is 2.26. The smallest absolute Gasteiger partial charge is 0.340 e. The van der Waals surface area contributed by atoms with Crippen LogP contribution < -0.4 is 10.6 Å². The fourth-order valence-corrected chi connectivity index (χ4v) is 2.42. The fourth-order valence-electron chi connectivity index (χ4n) is 2.01. The van der Waals surface area contributed by atoms with Gasteiger partial charge in [-0.1, -0.05) is 34.1 Å². The first kappa shape index (κ1) is 15.3. The molecule has 5 nitrogen and oxygen atoms in total. The predicted octanol–water partition coefficient (Wildman–Crippen LogP) is 2.85. The Morgan fingerprint density at radius 2 is 2.10 bits per heavy atom. The van der Waals surface area contributed by atoms with Crippen LogP contribution in [-0.4, -0.2) is 25.1 Å². The van der Waals surface area contributed by atoms with E-state index in [0.717, 1.165) is 10.0 Å². The Morgan fingerprint density at radius 3 is 2.76 bits per heavy atom. The number of carbonyl (C=O) groups excluding carboxylic acids is 1. The number of anilines is 2. The van der Waals surface area contributed by atoms with Gasteiger partial charge in [-0.15, -0.1) is 0 Å². The van der Waals surface area contributed by atoms with Crippen molar-refractivity contribution in [1.29, 1.82) is 0 Å². The molecule has 2 N–H and O–H groups in total. The van der Waals surface area contributed by atoms with E-state index in [-0.39, 0.29) is 0 Å². The molecule has 0 amide bonds. The molecule has 6 heteroatoms. The van der Waals surface area contributed by atoms with Crippen molar-refractivity contribution in [3.8, 4) is 0 Å². The molecule has 2 aromatic rings. The molecule has 0 aliphatic heterocycles. The zero-order valence-electron chi connectivity index (χ0n) is 11.8. The minimum atomic E-state index is -0.467. The van der Waals surface area contributed by atoms with Crippen LogP contribution in [0, 0.1) is 0 Å². The first-order chi connectivity index (χ1) is 10.0. The molecule has 0 saturated carbocycles. The van der Waals surface area contributed by atoms with Gasteiger partial charge in [0.05, 0.1) is 18.4 Å². The van der Waals surface area contributed by atoms with E-state index in [4.69, 9.17) is 10.5 Å². The van der Waals surface area contributed by atoms with Gasteiger partial charge in [-0.3, -0.25) is 0 Å². The lowest BCUT2D eigenvalue weighted by Crippen LogP contribution is -2.21. The first-order valence-electron chi connectivity index (χ1n) is 6.32. The summed E-state index contributed by atoms with van der Waals surface area (Å²) in [7, 11) is 3.20. The Morgan fingerprint density at radius 1 is 1.38 bits per heavy atom. The molecule has 0 radical (unpaired) electrons. The molecule has 110 valence electrons. The molecular weight excluding hydrogens is 334 g/mol. The highest BCUT2D eigenvalue weighted by atomic mass is 79.9. The van der Waals surface area contributed by atoms with E-state index < -0.39 is 5.97 Å². The molecule has 0 aliphatic rings. The third-order valence-electron chi connectivity index (χ3n) is 3.10. The second-order valence-electron chi connectivity index (χ2n) is 4.53. The minimum absolute atomic E-state index is 0.318. The standard InChI is InChI=1S/C15H16BrN3O2/c1-19(9-10-5-3-4-6-12(10)16)14-13(17)11(7-8-18-14)15(20)21-2/h3-8H,9,17H2,1-2H3. The molecule has 1 aromatic carbocycles. The van der Waals surface area contributed by atoms with Crippen molar-refractivity contribution in [3.63, 3.8) is 0 Å². The van der Waals surface area contributed by atoms with Crippen molar-refractivity contribution in [2.45, 2.75) is 6.54 Å². The van der Waals surface area contributed by atoms with Crippen molar-refractivity contribution in [1.82, 2.24) is 4.98 Å².